The number of amides is 2. The summed E-state index contributed by atoms with van der Waals surface area (Å²) in [7, 11) is 0. The number of carbonyl (C=O) groups excluding carboxylic acids is 3. The number of nitrogens with zero attached hydrogens (tertiary/aromatic N) is 1. The molecule has 0 saturated carbocycles. The van der Waals surface area contributed by atoms with Crippen LogP contribution in [0.1, 0.15) is 47.8 Å². The zero-order valence-corrected chi connectivity index (χ0v) is 22.3. The lowest BCUT2D eigenvalue weighted by atomic mass is 10.0. The zero-order chi connectivity index (χ0) is 28.1. The summed E-state index contributed by atoms with van der Waals surface area (Å²) in [6.07, 6.45) is 0.956. The molecule has 9 heteroatoms. The summed E-state index contributed by atoms with van der Waals surface area (Å²) in [6, 6.07) is 14.4. The summed E-state index contributed by atoms with van der Waals surface area (Å²) in [4.78, 5) is 37.5. The van der Waals surface area contributed by atoms with E-state index in [1.807, 2.05) is 37.3 Å². The van der Waals surface area contributed by atoms with Crippen LogP contribution in [0.15, 0.2) is 61.2 Å². The molecule has 9 nitrogen and oxygen atoms in total. The SMILES string of the molecule is C=CCOC(=O)c1cccc(COC[C@@H](C#N)NC(=O)[C@H](Cc2cccc(C)c2)NC(=O)OC(C)(C)C)c1. The van der Waals surface area contributed by atoms with Gasteiger partial charge in [0.2, 0.25) is 5.91 Å². The highest BCUT2D eigenvalue weighted by molar-refractivity contribution is 5.89. The van der Waals surface area contributed by atoms with Gasteiger partial charge in [-0.2, -0.15) is 5.26 Å². The number of nitriles is 1. The molecule has 0 bridgehead atoms. The molecule has 2 aromatic rings. The van der Waals surface area contributed by atoms with Gasteiger partial charge in [0.1, 0.15) is 24.3 Å². The molecule has 0 aliphatic heterocycles. The van der Waals surface area contributed by atoms with Gasteiger partial charge in [-0.25, -0.2) is 9.59 Å². The minimum Gasteiger partial charge on any atom is -0.458 e. The summed E-state index contributed by atoms with van der Waals surface area (Å²) < 4.78 is 16.0. The molecule has 2 aromatic carbocycles. The fraction of sp³-hybridized carbons (Fsp3) is 0.379. The van der Waals surface area contributed by atoms with Crippen LogP contribution in [-0.2, 0) is 32.0 Å². The van der Waals surface area contributed by atoms with E-state index in [1.165, 1.54) is 6.08 Å². The second kappa shape index (κ2) is 14.5. The fourth-order valence-corrected chi connectivity index (χ4v) is 3.42. The quantitative estimate of drug-likeness (QED) is 0.319. The Morgan fingerprint density at radius 2 is 1.79 bits per heavy atom. The van der Waals surface area contributed by atoms with Gasteiger partial charge >= 0.3 is 12.1 Å². The Morgan fingerprint density at radius 1 is 1.08 bits per heavy atom. The summed E-state index contributed by atoms with van der Waals surface area (Å²) in [5.74, 6) is -1.02. The lowest BCUT2D eigenvalue weighted by Gasteiger charge is -2.24. The largest absolute Gasteiger partial charge is 0.458 e. The highest BCUT2D eigenvalue weighted by atomic mass is 16.6. The van der Waals surface area contributed by atoms with E-state index < -0.39 is 35.7 Å². The monoisotopic (exact) mass is 521 g/mol. The van der Waals surface area contributed by atoms with Crippen molar-refractivity contribution >= 4 is 18.0 Å². The smallest absolute Gasteiger partial charge is 0.408 e. The maximum atomic E-state index is 13.1. The van der Waals surface area contributed by atoms with Crippen LogP contribution in [0.2, 0.25) is 0 Å². The first kappa shape index (κ1) is 30.1. The van der Waals surface area contributed by atoms with Crippen LogP contribution in [0, 0.1) is 18.3 Å². The van der Waals surface area contributed by atoms with Crippen LogP contribution in [0.25, 0.3) is 0 Å². The topological polar surface area (TPSA) is 127 Å². The summed E-state index contributed by atoms with van der Waals surface area (Å²) >= 11 is 0. The molecule has 0 radical (unpaired) electrons. The molecule has 0 aliphatic carbocycles. The number of ether oxygens (including phenoxy) is 3. The first-order valence-electron chi connectivity index (χ1n) is 12.2. The molecule has 2 N–H and O–H groups in total. The maximum Gasteiger partial charge on any atom is 0.408 e. The van der Waals surface area contributed by atoms with Gasteiger partial charge in [-0.15, -0.1) is 0 Å². The summed E-state index contributed by atoms with van der Waals surface area (Å²) in [6.45, 7) is 10.7. The molecule has 0 saturated heterocycles. The van der Waals surface area contributed by atoms with Gasteiger partial charge in [0.15, 0.2) is 0 Å². The minimum atomic E-state index is -0.972. The highest BCUT2D eigenvalue weighted by Crippen LogP contribution is 2.11. The molecule has 0 heterocycles. The molecule has 2 atom stereocenters. The molecule has 2 rings (SSSR count). The second-order valence-electron chi connectivity index (χ2n) is 9.68. The average Bonchev–Trinajstić information content (AvgIpc) is 2.85. The molecule has 202 valence electrons. The van der Waals surface area contributed by atoms with Crippen molar-refractivity contribution in [3.63, 3.8) is 0 Å². The molecule has 0 aromatic heterocycles. The van der Waals surface area contributed by atoms with Gasteiger partial charge in [-0.3, -0.25) is 4.79 Å². The van der Waals surface area contributed by atoms with E-state index in [0.717, 1.165) is 11.1 Å². The molecule has 0 unspecified atom stereocenters. The lowest BCUT2D eigenvalue weighted by molar-refractivity contribution is -0.124. The molecule has 38 heavy (non-hydrogen) atoms. The van der Waals surface area contributed by atoms with E-state index in [2.05, 4.69) is 17.2 Å². The lowest BCUT2D eigenvalue weighted by Crippen LogP contribution is -2.52. The second-order valence-corrected chi connectivity index (χ2v) is 9.68. The predicted molar refractivity (Wildman–Crippen MR) is 142 cm³/mol. The number of esters is 1. The van der Waals surface area contributed by atoms with Crippen molar-refractivity contribution in [1.82, 2.24) is 10.6 Å². The molecule has 2 amide bonds. The van der Waals surface area contributed by atoms with Crippen molar-refractivity contribution < 1.29 is 28.6 Å². The van der Waals surface area contributed by atoms with Gasteiger partial charge in [0.25, 0.3) is 0 Å². The van der Waals surface area contributed by atoms with Crippen LogP contribution >= 0.6 is 0 Å². The van der Waals surface area contributed by atoms with Crippen LogP contribution in [0.4, 0.5) is 4.79 Å². The van der Waals surface area contributed by atoms with Crippen molar-refractivity contribution in [2.24, 2.45) is 0 Å². The van der Waals surface area contributed by atoms with Gasteiger partial charge < -0.3 is 24.8 Å². The standard InChI is InChI=1S/C29H35N3O6/c1-6-13-37-27(34)23-12-8-11-22(15-23)18-36-19-24(17-30)31-26(33)25(32-28(35)38-29(3,4)5)16-21-10-7-9-20(2)14-21/h6-12,14-15,24-25H,1,13,16,18-19H2,2-5H3,(H,31,33)(H,32,35)/t24-,25+/m1/s1. The molecule has 0 aliphatic rings. The summed E-state index contributed by atoms with van der Waals surface area (Å²) in [5.41, 5.74) is 2.19. The van der Waals surface area contributed by atoms with Crippen LogP contribution in [0.3, 0.4) is 0 Å². The first-order valence-corrected chi connectivity index (χ1v) is 12.2. The van der Waals surface area contributed by atoms with Crippen molar-refractivity contribution in [1.29, 1.82) is 5.26 Å². The Kier molecular flexibility index (Phi) is 11.5. The van der Waals surface area contributed by atoms with Gasteiger partial charge in [-0.05, 0) is 51.0 Å². The first-order chi connectivity index (χ1) is 18.0. The van der Waals surface area contributed by atoms with Crippen molar-refractivity contribution in [3.05, 3.63) is 83.4 Å². The third-order valence-electron chi connectivity index (χ3n) is 5.05. The number of rotatable bonds is 12. The van der Waals surface area contributed by atoms with Gasteiger partial charge in [0, 0.05) is 6.42 Å². The van der Waals surface area contributed by atoms with Crippen molar-refractivity contribution in [2.75, 3.05) is 13.2 Å². The number of hydrogen-bond donors (Lipinski definition) is 2. The number of alkyl carbamates (subject to hydrolysis) is 1. The molecular weight excluding hydrogens is 486 g/mol. The van der Waals surface area contributed by atoms with E-state index in [9.17, 15) is 19.6 Å². The van der Waals surface area contributed by atoms with E-state index in [1.54, 1.807) is 45.0 Å². The third-order valence-corrected chi connectivity index (χ3v) is 5.05. The Hall–Kier alpha value is -4.16. The Balaban J connectivity index is 2.01. The Morgan fingerprint density at radius 3 is 2.45 bits per heavy atom. The van der Waals surface area contributed by atoms with Crippen LogP contribution in [0.5, 0.6) is 0 Å². The van der Waals surface area contributed by atoms with Gasteiger partial charge in [0.05, 0.1) is 24.8 Å². The molecule has 0 spiro atoms. The van der Waals surface area contributed by atoms with Crippen molar-refractivity contribution in [2.45, 2.75) is 58.4 Å². The van der Waals surface area contributed by atoms with E-state index >= 15 is 0 Å². The average molecular weight is 522 g/mol. The molecular formula is C29H35N3O6. The maximum absolute atomic E-state index is 13.1. The zero-order valence-electron chi connectivity index (χ0n) is 22.3. The fourth-order valence-electron chi connectivity index (χ4n) is 3.42. The normalized spacial score (nSPS) is 12.4. The van der Waals surface area contributed by atoms with E-state index in [4.69, 9.17) is 14.2 Å². The summed E-state index contributed by atoms with van der Waals surface area (Å²) in [5, 5.41) is 14.8. The third kappa shape index (κ3) is 10.8. The Bertz CT molecular complexity index is 1170. The number of nitrogens with one attached hydrogen (secondary N) is 2. The number of aryl methyl sites for hydroxylation is 1. The number of carbonyl (C=O) groups is 3. The highest BCUT2D eigenvalue weighted by Gasteiger charge is 2.26. The van der Waals surface area contributed by atoms with E-state index in [0.29, 0.717) is 11.1 Å². The van der Waals surface area contributed by atoms with Crippen LogP contribution < -0.4 is 10.6 Å². The number of benzene rings is 2. The predicted octanol–water partition coefficient (Wildman–Crippen LogP) is 4.00. The molecule has 0 fully saturated rings. The Labute approximate surface area is 223 Å². The number of hydrogen-bond acceptors (Lipinski definition) is 7. The minimum absolute atomic E-state index is 0.100. The van der Waals surface area contributed by atoms with Crippen molar-refractivity contribution in [3.8, 4) is 6.07 Å². The van der Waals surface area contributed by atoms with Gasteiger partial charge in [-0.1, -0.05) is 54.6 Å². The van der Waals surface area contributed by atoms with E-state index in [-0.39, 0.29) is 26.2 Å². The van der Waals surface area contributed by atoms with Crippen LogP contribution in [-0.4, -0.2) is 48.9 Å².